The summed E-state index contributed by atoms with van der Waals surface area (Å²) in [6, 6.07) is 8.29. The summed E-state index contributed by atoms with van der Waals surface area (Å²) >= 11 is 0. The van der Waals surface area contributed by atoms with Crippen molar-refractivity contribution in [3.63, 3.8) is 0 Å². The standard InChI is InChI=1S/C18H26N2O6Si/c1-27(2,3)26-18(24)19-11-15(12-21)20-16(22)9-10-17(23)25-13-14-7-5-4-6-8-14/h4-8,12,15H,9-11,13H2,1-3H3,(H,19,24)(H,20,22)/t15-/m0/s1. The van der Waals surface area contributed by atoms with Gasteiger partial charge in [-0.1, -0.05) is 30.3 Å². The second-order valence-electron chi connectivity index (χ2n) is 6.84. The molecule has 1 aromatic carbocycles. The summed E-state index contributed by atoms with van der Waals surface area (Å²) in [5.41, 5.74) is 0.854. The van der Waals surface area contributed by atoms with Crippen molar-refractivity contribution in [2.75, 3.05) is 6.54 Å². The van der Waals surface area contributed by atoms with Crippen molar-refractivity contribution >= 4 is 32.6 Å². The summed E-state index contributed by atoms with van der Waals surface area (Å²) in [6.07, 6.45) is -0.327. The van der Waals surface area contributed by atoms with Crippen LogP contribution in [0.4, 0.5) is 4.79 Å². The van der Waals surface area contributed by atoms with Gasteiger partial charge in [-0.05, 0) is 25.2 Å². The highest BCUT2D eigenvalue weighted by atomic mass is 28.4. The first kappa shape index (κ1) is 22.4. The molecule has 8 nitrogen and oxygen atoms in total. The second-order valence-corrected chi connectivity index (χ2v) is 11.3. The van der Waals surface area contributed by atoms with E-state index in [4.69, 9.17) is 9.16 Å². The van der Waals surface area contributed by atoms with Gasteiger partial charge in [-0.15, -0.1) is 0 Å². The lowest BCUT2D eigenvalue weighted by Crippen LogP contribution is -2.46. The van der Waals surface area contributed by atoms with Gasteiger partial charge in [0.1, 0.15) is 18.9 Å². The van der Waals surface area contributed by atoms with Crippen molar-refractivity contribution in [2.45, 2.75) is 45.1 Å². The van der Waals surface area contributed by atoms with E-state index in [0.717, 1.165) is 5.56 Å². The van der Waals surface area contributed by atoms with Crippen LogP contribution in [-0.4, -0.2) is 45.2 Å². The van der Waals surface area contributed by atoms with E-state index in [1.54, 1.807) is 0 Å². The Hall–Kier alpha value is -2.68. The van der Waals surface area contributed by atoms with Gasteiger partial charge in [-0.25, -0.2) is 4.79 Å². The molecule has 0 unspecified atom stereocenters. The molecule has 1 aromatic rings. The number of benzene rings is 1. The van der Waals surface area contributed by atoms with Crippen LogP contribution in [0.15, 0.2) is 30.3 Å². The fourth-order valence-electron chi connectivity index (χ4n) is 1.95. The third kappa shape index (κ3) is 10.8. The number of amides is 2. The third-order valence-electron chi connectivity index (χ3n) is 3.17. The van der Waals surface area contributed by atoms with Gasteiger partial charge in [0.2, 0.25) is 14.2 Å². The third-order valence-corrected chi connectivity index (χ3v) is 3.97. The van der Waals surface area contributed by atoms with E-state index < -0.39 is 32.3 Å². The van der Waals surface area contributed by atoms with Crippen LogP contribution < -0.4 is 10.6 Å². The smallest absolute Gasteiger partial charge is 0.393 e. The van der Waals surface area contributed by atoms with Crippen molar-refractivity contribution in [3.05, 3.63) is 35.9 Å². The number of ether oxygens (including phenoxy) is 1. The lowest BCUT2D eigenvalue weighted by molar-refractivity contribution is -0.146. The Morgan fingerprint density at radius 1 is 1.11 bits per heavy atom. The van der Waals surface area contributed by atoms with Crippen LogP contribution in [-0.2, 0) is 30.2 Å². The Morgan fingerprint density at radius 2 is 1.78 bits per heavy atom. The Morgan fingerprint density at radius 3 is 2.37 bits per heavy atom. The fourth-order valence-corrected chi connectivity index (χ4v) is 2.57. The topological polar surface area (TPSA) is 111 Å². The number of carbonyl (C=O) groups is 4. The summed E-state index contributed by atoms with van der Waals surface area (Å²) in [4.78, 5) is 46.2. The van der Waals surface area contributed by atoms with Crippen LogP contribution in [0.5, 0.6) is 0 Å². The molecule has 1 atom stereocenters. The number of rotatable bonds is 10. The Labute approximate surface area is 159 Å². The largest absolute Gasteiger partial charge is 0.504 e. The van der Waals surface area contributed by atoms with E-state index in [9.17, 15) is 19.2 Å². The Balaban J connectivity index is 2.27. The number of aldehydes is 1. The molecule has 0 aromatic heterocycles. The monoisotopic (exact) mass is 394 g/mol. The molecule has 0 aliphatic carbocycles. The van der Waals surface area contributed by atoms with E-state index in [-0.39, 0.29) is 26.0 Å². The summed E-state index contributed by atoms with van der Waals surface area (Å²) in [6.45, 7) is 5.60. The molecule has 148 valence electrons. The minimum absolute atomic E-state index is 0.0863. The molecule has 9 heteroatoms. The first-order valence-electron chi connectivity index (χ1n) is 8.60. The first-order valence-corrected chi connectivity index (χ1v) is 12.0. The van der Waals surface area contributed by atoms with Crippen LogP contribution in [0.2, 0.25) is 19.6 Å². The number of hydrogen-bond donors (Lipinski definition) is 2. The van der Waals surface area contributed by atoms with E-state index >= 15 is 0 Å². The molecule has 0 saturated carbocycles. The van der Waals surface area contributed by atoms with Crippen molar-refractivity contribution < 1.29 is 28.3 Å². The number of carbonyl (C=O) groups excluding carboxylic acids is 4. The van der Waals surface area contributed by atoms with Crippen LogP contribution in [0.3, 0.4) is 0 Å². The summed E-state index contributed by atoms with van der Waals surface area (Å²) < 4.78 is 10.3. The van der Waals surface area contributed by atoms with Crippen LogP contribution in [0, 0.1) is 0 Å². The number of nitrogens with one attached hydrogen (secondary N) is 2. The molecule has 2 amide bonds. The molecule has 0 aliphatic heterocycles. The fraction of sp³-hybridized carbons (Fsp3) is 0.444. The maximum Gasteiger partial charge on any atom is 0.393 e. The maximum atomic E-state index is 11.8. The van der Waals surface area contributed by atoms with Gasteiger partial charge >= 0.3 is 12.1 Å². The molecule has 0 aliphatic rings. The molecule has 0 fully saturated rings. The number of esters is 1. The molecule has 2 N–H and O–H groups in total. The van der Waals surface area contributed by atoms with E-state index in [2.05, 4.69) is 10.6 Å². The lowest BCUT2D eigenvalue weighted by Gasteiger charge is -2.19. The van der Waals surface area contributed by atoms with Gasteiger partial charge in [-0.2, -0.15) is 0 Å². The lowest BCUT2D eigenvalue weighted by atomic mass is 10.2. The summed E-state index contributed by atoms with van der Waals surface area (Å²) in [5.74, 6) is -0.988. The normalized spacial score (nSPS) is 11.8. The average molecular weight is 395 g/mol. The van der Waals surface area contributed by atoms with Gasteiger partial charge < -0.3 is 24.6 Å². The average Bonchev–Trinajstić information content (AvgIpc) is 2.61. The predicted molar refractivity (Wildman–Crippen MR) is 101 cm³/mol. The zero-order valence-electron chi connectivity index (χ0n) is 15.8. The molecular weight excluding hydrogens is 368 g/mol. The number of hydrogen-bond acceptors (Lipinski definition) is 6. The molecule has 0 bridgehead atoms. The van der Waals surface area contributed by atoms with Gasteiger partial charge in [-0.3, -0.25) is 9.59 Å². The quantitative estimate of drug-likeness (QED) is 0.355. The van der Waals surface area contributed by atoms with Crippen molar-refractivity contribution in [3.8, 4) is 0 Å². The predicted octanol–water partition coefficient (Wildman–Crippen LogP) is 1.75. The first-order chi connectivity index (χ1) is 12.7. The Kier molecular flexibility index (Phi) is 9.21. The van der Waals surface area contributed by atoms with Gasteiger partial charge in [0.15, 0.2) is 0 Å². The van der Waals surface area contributed by atoms with Gasteiger partial charge in [0.05, 0.1) is 6.42 Å². The van der Waals surface area contributed by atoms with Gasteiger partial charge in [0, 0.05) is 13.0 Å². The zero-order chi connectivity index (χ0) is 20.3. The second kappa shape index (κ2) is 11.1. The highest BCUT2D eigenvalue weighted by molar-refractivity contribution is 6.71. The van der Waals surface area contributed by atoms with Crippen LogP contribution >= 0.6 is 0 Å². The highest BCUT2D eigenvalue weighted by Gasteiger charge is 2.21. The van der Waals surface area contributed by atoms with Gasteiger partial charge in [0.25, 0.3) is 0 Å². The molecule has 1 rings (SSSR count). The van der Waals surface area contributed by atoms with Crippen LogP contribution in [0.25, 0.3) is 0 Å². The molecule has 0 heterocycles. The molecule has 27 heavy (non-hydrogen) atoms. The Bertz CT molecular complexity index is 645. The molecule has 0 spiro atoms. The molecular formula is C18H26N2O6Si. The highest BCUT2D eigenvalue weighted by Crippen LogP contribution is 2.03. The minimum Gasteiger partial charge on any atom is -0.504 e. The maximum absolute atomic E-state index is 11.8. The van der Waals surface area contributed by atoms with Crippen molar-refractivity contribution in [2.24, 2.45) is 0 Å². The van der Waals surface area contributed by atoms with E-state index in [1.165, 1.54) is 0 Å². The SMILES string of the molecule is C[Si](C)(C)OC(=O)NC[C@@H](C=O)NC(=O)CCC(=O)OCc1ccccc1. The van der Waals surface area contributed by atoms with Crippen molar-refractivity contribution in [1.29, 1.82) is 0 Å². The summed E-state index contributed by atoms with van der Waals surface area (Å²) in [5, 5.41) is 4.88. The summed E-state index contributed by atoms with van der Waals surface area (Å²) in [7, 11) is -2.03. The van der Waals surface area contributed by atoms with Crippen molar-refractivity contribution in [1.82, 2.24) is 10.6 Å². The van der Waals surface area contributed by atoms with Crippen LogP contribution in [0.1, 0.15) is 18.4 Å². The minimum atomic E-state index is -2.03. The molecule has 0 radical (unpaired) electrons. The molecule has 0 saturated heterocycles. The van der Waals surface area contributed by atoms with E-state index in [0.29, 0.717) is 6.29 Å². The van der Waals surface area contributed by atoms with E-state index in [1.807, 2.05) is 50.0 Å². The zero-order valence-corrected chi connectivity index (χ0v) is 16.8.